The van der Waals surface area contributed by atoms with Gasteiger partial charge in [0.1, 0.15) is 0 Å². The summed E-state index contributed by atoms with van der Waals surface area (Å²) in [5.41, 5.74) is 1.22. The maximum atomic E-state index is 11.9. The van der Waals surface area contributed by atoms with Gasteiger partial charge in [-0.25, -0.2) is 0 Å². The lowest BCUT2D eigenvalue weighted by molar-refractivity contribution is -0.121. The summed E-state index contributed by atoms with van der Waals surface area (Å²) >= 11 is 1.42. The number of thiophene rings is 1. The van der Waals surface area contributed by atoms with E-state index in [1.165, 1.54) is 22.2 Å². The van der Waals surface area contributed by atoms with Crippen LogP contribution in [0.1, 0.15) is 28.9 Å². The van der Waals surface area contributed by atoms with E-state index in [2.05, 4.69) is 39.6 Å². The van der Waals surface area contributed by atoms with Crippen molar-refractivity contribution in [3.05, 3.63) is 58.9 Å². The maximum Gasteiger partial charge on any atom is 0.261 e. The summed E-state index contributed by atoms with van der Waals surface area (Å²) in [6, 6.07) is 14.0. The zero-order valence-corrected chi connectivity index (χ0v) is 15.4. The van der Waals surface area contributed by atoms with Crippen LogP contribution >= 0.6 is 11.3 Å². The molecule has 0 saturated heterocycles. The fraction of sp³-hybridized carbons (Fsp3) is 0.300. The van der Waals surface area contributed by atoms with Gasteiger partial charge in [0.15, 0.2) is 0 Å². The van der Waals surface area contributed by atoms with Crippen LogP contribution in [0.4, 0.5) is 0 Å². The second kappa shape index (κ2) is 9.20. The number of benzene rings is 1. The average Bonchev–Trinajstić information content (AvgIpc) is 3.32. The third-order valence-electron chi connectivity index (χ3n) is 4.19. The first-order valence-electron chi connectivity index (χ1n) is 8.86. The minimum atomic E-state index is -0.0700. The molecule has 0 unspecified atom stereocenters. The number of para-hydroxylation sites is 1. The molecule has 0 radical (unpaired) electrons. The molecule has 3 rings (SSSR count). The highest BCUT2D eigenvalue weighted by atomic mass is 32.1. The van der Waals surface area contributed by atoms with Gasteiger partial charge in [-0.3, -0.25) is 9.59 Å². The molecule has 3 aromatic rings. The summed E-state index contributed by atoms with van der Waals surface area (Å²) in [7, 11) is 0. The lowest BCUT2D eigenvalue weighted by Crippen LogP contribution is -2.28. The van der Waals surface area contributed by atoms with Crippen LogP contribution in [0, 0.1) is 0 Å². The number of amides is 2. The summed E-state index contributed by atoms with van der Waals surface area (Å²) in [6.45, 7) is 2.05. The van der Waals surface area contributed by atoms with Crippen molar-refractivity contribution in [3.63, 3.8) is 0 Å². The van der Waals surface area contributed by atoms with Gasteiger partial charge < -0.3 is 15.2 Å². The molecule has 0 spiro atoms. The van der Waals surface area contributed by atoms with Gasteiger partial charge in [0, 0.05) is 37.8 Å². The van der Waals surface area contributed by atoms with E-state index in [4.69, 9.17) is 0 Å². The monoisotopic (exact) mass is 369 g/mol. The molecule has 0 aliphatic rings. The number of aryl methyl sites for hydroxylation is 1. The van der Waals surface area contributed by atoms with E-state index >= 15 is 0 Å². The fourth-order valence-corrected chi connectivity index (χ4v) is 3.49. The first-order chi connectivity index (χ1) is 12.7. The zero-order chi connectivity index (χ0) is 18.2. The topological polar surface area (TPSA) is 63.1 Å². The lowest BCUT2D eigenvalue weighted by Gasteiger charge is -2.08. The number of carbonyl (C=O) groups excluding carboxylic acids is 2. The van der Waals surface area contributed by atoms with Gasteiger partial charge in [0.2, 0.25) is 5.91 Å². The normalized spacial score (nSPS) is 10.8. The Labute approximate surface area is 157 Å². The zero-order valence-electron chi connectivity index (χ0n) is 14.6. The van der Waals surface area contributed by atoms with Gasteiger partial charge in [-0.2, -0.15) is 0 Å². The minimum absolute atomic E-state index is 0.0349. The van der Waals surface area contributed by atoms with Gasteiger partial charge in [-0.05, 0) is 41.8 Å². The number of nitrogens with zero attached hydrogens (tertiary/aromatic N) is 1. The Bertz CT molecular complexity index is 855. The third-order valence-corrected chi connectivity index (χ3v) is 5.06. The molecule has 6 heteroatoms. The molecular formula is C20H23N3O2S. The van der Waals surface area contributed by atoms with Crippen molar-refractivity contribution in [1.82, 2.24) is 15.2 Å². The van der Waals surface area contributed by atoms with Gasteiger partial charge in [-0.15, -0.1) is 11.3 Å². The quantitative estimate of drug-likeness (QED) is 0.568. The van der Waals surface area contributed by atoms with Gasteiger partial charge in [-0.1, -0.05) is 24.3 Å². The highest BCUT2D eigenvalue weighted by Gasteiger charge is 2.06. The van der Waals surface area contributed by atoms with Crippen molar-refractivity contribution in [2.75, 3.05) is 13.1 Å². The molecule has 0 saturated carbocycles. The van der Waals surface area contributed by atoms with Crippen molar-refractivity contribution in [3.8, 4) is 0 Å². The van der Waals surface area contributed by atoms with E-state index in [1.54, 1.807) is 6.07 Å². The Kier molecular flexibility index (Phi) is 6.44. The predicted octanol–water partition coefficient (Wildman–Crippen LogP) is 3.42. The average molecular weight is 369 g/mol. The Morgan fingerprint density at radius 2 is 1.81 bits per heavy atom. The molecule has 0 aliphatic heterocycles. The van der Waals surface area contributed by atoms with Crippen molar-refractivity contribution >= 4 is 34.1 Å². The van der Waals surface area contributed by atoms with Gasteiger partial charge in [0.25, 0.3) is 5.91 Å². The molecule has 136 valence electrons. The second-order valence-electron chi connectivity index (χ2n) is 6.11. The molecule has 5 nitrogen and oxygen atoms in total. The van der Waals surface area contributed by atoms with Crippen molar-refractivity contribution < 1.29 is 9.59 Å². The smallest absolute Gasteiger partial charge is 0.261 e. The first kappa shape index (κ1) is 18.2. The molecule has 0 atom stereocenters. The Morgan fingerprint density at radius 3 is 2.65 bits per heavy atom. The van der Waals surface area contributed by atoms with Crippen LogP contribution in [0.2, 0.25) is 0 Å². The van der Waals surface area contributed by atoms with Crippen LogP contribution in [-0.2, 0) is 11.3 Å². The maximum absolute atomic E-state index is 11.9. The van der Waals surface area contributed by atoms with Gasteiger partial charge in [0.05, 0.1) is 4.88 Å². The van der Waals surface area contributed by atoms with Crippen LogP contribution in [-0.4, -0.2) is 29.5 Å². The second-order valence-corrected chi connectivity index (χ2v) is 7.06. The highest BCUT2D eigenvalue weighted by Crippen LogP contribution is 2.15. The number of carbonyl (C=O) groups is 2. The molecule has 2 amide bonds. The summed E-state index contributed by atoms with van der Waals surface area (Å²) < 4.78 is 2.21. The lowest BCUT2D eigenvalue weighted by atomic mass is 10.2. The van der Waals surface area contributed by atoms with Crippen LogP contribution < -0.4 is 10.6 Å². The molecule has 0 aliphatic carbocycles. The number of rotatable bonds is 9. The van der Waals surface area contributed by atoms with Gasteiger partial charge >= 0.3 is 0 Å². The molecule has 26 heavy (non-hydrogen) atoms. The molecule has 2 N–H and O–H groups in total. The van der Waals surface area contributed by atoms with E-state index in [9.17, 15) is 9.59 Å². The summed E-state index contributed by atoms with van der Waals surface area (Å²) in [5.74, 6) is -0.0351. The summed E-state index contributed by atoms with van der Waals surface area (Å²) in [6.07, 6.45) is 4.05. The number of aromatic nitrogens is 1. The predicted molar refractivity (Wildman–Crippen MR) is 105 cm³/mol. The van der Waals surface area contributed by atoms with Crippen molar-refractivity contribution in [2.24, 2.45) is 0 Å². The standard InChI is InChI=1S/C20H23N3O2S/c24-19(9-3-11-22-20(25)18-8-4-15-26-18)21-12-5-13-23-14-10-16-6-1-2-7-17(16)23/h1-2,4,6-8,10,14-15H,3,5,9,11-13H2,(H,21,24)(H,22,25). The van der Waals surface area contributed by atoms with E-state index in [1.807, 2.05) is 23.6 Å². The van der Waals surface area contributed by atoms with E-state index < -0.39 is 0 Å². The SMILES string of the molecule is O=C(CCCNC(=O)c1cccs1)NCCCn1ccc2ccccc21. The van der Waals surface area contributed by atoms with Crippen LogP contribution in [0.25, 0.3) is 10.9 Å². The Hall–Kier alpha value is -2.60. The largest absolute Gasteiger partial charge is 0.356 e. The van der Waals surface area contributed by atoms with E-state index in [0.29, 0.717) is 30.8 Å². The number of nitrogens with one attached hydrogen (secondary N) is 2. The Balaban J connectivity index is 1.28. The van der Waals surface area contributed by atoms with Crippen LogP contribution in [0.15, 0.2) is 54.0 Å². The number of fused-ring (bicyclic) bond motifs is 1. The summed E-state index contributed by atoms with van der Waals surface area (Å²) in [4.78, 5) is 24.3. The number of hydrogen-bond donors (Lipinski definition) is 2. The van der Waals surface area contributed by atoms with Crippen LogP contribution in [0.5, 0.6) is 0 Å². The van der Waals surface area contributed by atoms with E-state index in [0.717, 1.165) is 13.0 Å². The molecule has 0 fully saturated rings. The molecule has 2 aromatic heterocycles. The Morgan fingerprint density at radius 1 is 0.962 bits per heavy atom. The molecular weight excluding hydrogens is 346 g/mol. The number of hydrogen-bond acceptors (Lipinski definition) is 3. The van der Waals surface area contributed by atoms with E-state index in [-0.39, 0.29) is 11.8 Å². The third kappa shape index (κ3) is 4.95. The minimum Gasteiger partial charge on any atom is -0.356 e. The fourth-order valence-electron chi connectivity index (χ4n) is 2.85. The molecule has 2 heterocycles. The van der Waals surface area contributed by atoms with Crippen LogP contribution in [0.3, 0.4) is 0 Å². The first-order valence-corrected chi connectivity index (χ1v) is 9.74. The molecule has 0 bridgehead atoms. The van der Waals surface area contributed by atoms with Crippen molar-refractivity contribution in [1.29, 1.82) is 0 Å². The van der Waals surface area contributed by atoms with Crippen molar-refractivity contribution in [2.45, 2.75) is 25.8 Å². The summed E-state index contributed by atoms with van der Waals surface area (Å²) in [5, 5.41) is 8.89. The molecule has 1 aromatic carbocycles. The highest BCUT2D eigenvalue weighted by molar-refractivity contribution is 7.12.